The zero-order valence-electron chi connectivity index (χ0n) is 11.3. The highest BCUT2D eigenvalue weighted by atomic mass is 16.5. The third-order valence-electron chi connectivity index (χ3n) is 3.15. The van der Waals surface area contributed by atoms with Gasteiger partial charge in [0.15, 0.2) is 0 Å². The van der Waals surface area contributed by atoms with E-state index >= 15 is 0 Å². The van der Waals surface area contributed by atoms with Crippen molar-refractivity contribution >= 4 is 5.91 Å². The van der Waals surface area contributed by atoms with Crippen LogP contribution in [0.15, 0.2) is 24.3 Å². The second-order valence-electron chi connectivity index (χ2n) is 4.29. The monoisotopic (exact) mass is 250 g/mol. The van der Waals surface area contributed by atoms with Crippen LogP contribution in [0.2, 0.25) is 0 Å². The molecule has 0 aliphatic carbocycles. The number of nitrogens with two attached hydrogens (primary N) is 1. The van der Waals surface area contributed by atoms with Crippen LogP contribution in [0, 0.1) is 0 Å². The van der Waals surface area contributed by atoms with Crippen molar-refractivity contribution in [2.45, 2.75) is 32.9 Å². The van der Waals surface area contributed by atoms with Crippen molar-refractivity contribution in [1.82, 2.24) is 4.90 Å². The lowest BCUT2D eigenvalue weighted by atomic mass is 10.1. The molecule has 1 unspecified atom stereocenters. The van der Waals surface area contributed by atoms with E-state index < -0.39 is 0 Å². The summed E-state index contributed by atoms with van der Waals surface area (Å²) in [5, 5.41) is 0. The van der Waals surface area contributed by atoms with Crippen LogP contribution < -0.4 is 10.5 Å². The average Bonchev–Trinajstić information content (AvgIpc) is 2.43. The minimum absolute atomic E-state index is 0.0322. The van der Waals surface area contributed by atoms with Crippen molar-refractivity contribution in [2.75, 3.05) is 13.7 Å². The molecule has 1 aromatic rings. The molecule has 1 rings (SSSR count). The predicted molar refractivity (Wildman–Crippen MR) is 72.4 cm³/mol. The van der Waals surface area contributed by atoms with Gasteiger partial charge in [0, 0.05) is 18.2 Å². The first-order valence-electron chi connectivity index (χ1n) is 6.25. The molecule has 0 bridgehead atoms. The van der Waals surface area contributed by atoms with E-state index in [0.29, 0.717) is 6.54 Å². The standard InChI is InChI=1S/C14H22N2O2/c1-4-11(2)16(14(17)9-15)10-12-7-5-6-8-13(12)18-3/h5-8,11H,4,9-10,15H2,1-3H3. The van der Waals surface area contributed by atoms with Gasteiger partial charge >= 0.3 is 0 Å². The molecule has 0 aromatic heterocycles. The molecule has 2 N–H and O–H groups in total. The molecule has 0 radical (unpaired) electrons. The minimum atomic E-state index is -0.0322. The van der Waals surface area contributed by atoms with Crippen LogP contribution in [0.25, 0.3) is 0 Å². The zero-order chi connectivity index (χ0) is 13.5. The Balaban J connectivity index is 2.92. The van der Waals surface area contributed by atoms with E-state index in [-0.39, 0.29) is 18.5 Å². The van der Waals surface area contributed by atoms with Crippen LogP contribution >= 0.6 is 0 Å². The fourth-order valence-electron chi connectivity index (χ4n) is 1.84. The first-order chi connectivity index (χ1) is 8.63. The van der Waals surface area contributed by atoms with Crippen LogP contribution in [-0.2, 0) is 11.3 Å². The van der Waals surface area contributed by atoms with Crippen LogP contribution in [0.1, 0.15) is 25.8 Å². The Morgan fingerprint density at radius 3 is 2.67 bits per heavy atom. The van der Waals surface area contributed by atoms with Crippen LogP contribution in [0.3, 0.4) is 0 Å². The molecule has 0 spiro atoms. The number of hydrogen-bond acceptors (Lipinski definition) is 3. The van der Waals surface area contributed by atoms with E-state index in [1.165, 1.54) is 0 Å². The average molecular weight is 250 g/mol. The van der Waals surface area contributed by atoms with Gasteiger partial charge in [-0.3, -0.25) is 4.79 Å². The normalized spacial score (nSPS) is 12.0. The Kier molecular flexibility index (Phi) is 5.65. The van der Waals surface area contributed by atoms with E-state index in [9.17, 15) is 4.79 Å². The number of methoxy groups -OCH3 is 1. The maximum absolute atomic E-state index is 11.9. The summed E-state index contributed by atoms with van der Waals surface area (Å²) in [5.74, 6) is 0.769. The summed E-state index contributed by atoms with van der Waals surface area (Å²) >= 11 is 0. The van der Waals surface area contributed by atoms with Crippen molar-refractivity contribution in [3.63, 3.8) is 0 Å². The number of amides is 1. The number of carbonyl (C=O) groups is 1. The molecule has 18 heavy (non-hydrogen) atoms. The van der Waals surface area contributed by atoms with Gasteiger partial charge in [-0.25, -0.2) is 0 Å². The van der Waals surface area contributed by atoms with E-state index in [1.54, 1.807) is 12.0 Å². The van der Waals surface area contributed by atoms with Gasteiger partial charge in [0.25, 0.3) is 0 Å². The number of para-hydroxylation sites is 1. The molecule has 0 aliphatic rings. The van der Waals surface area contributed by atoms with E-state index in [4.69, 9.17) is 10.5 Å². The Morgan fingerprint density at radius 2 is 2.11 bits per heavy atom. The van der Waals surface area contributed by atoms with E-state index in [2.05, 4.69) is 6.92 Å². The smallest absolute Gasteiger partial charge is 0.236 e. The van der Waals surface area contributed by atoms with Crippen molar-refractivity contribution in [1.29, 1.82) is 0 Å². The Bertz CT molecular complexity index is 393. The number of hydrogen-bond donors (Lipinski definition) is 1. The first kappa shape index (κ1) is 14.5. The molecule has 0 saturated heterocycles. The summed E-state index contributed by atoms with van der Waals surface area (Å²) in [5.41, 5.74) is 6.47. The van der Waals surface area contributed by atoms with Crippen LogP contribution in [0.5, 0.6) is 5.75 Å². The minimum Gasteiger partial charge on any atom is -0.496 e. The summed E-state index contributed by atoms with van der Waals surface area (Å²) in [4.78, 5) is 13.7. The number of benzene rings is 1. The summed E-state index contributed by atoms with van der Waals surface area (Å²) in [6.45, 7) is 4.67. The molecule has 1 amide bonds. The molecule has 100 valence electrons. The maximum atomic E-state index is 11.9. The molecule has 0 aliphatic heterocycles. The van der Waals surface area contributed by atoms with Gasteiger partial charge in [0.1, 0.15) is 5.75 Å². The maximum Gasteiger partial charge on any atom is 0.236 e. The summed E-state index contributed by atoms with van der Waals surface area (Å²) < 4.78 is 5.30. The fraction of sp³-hybridized carbons (Fsp3) is 0.500. The van der Waals surface area contributed by atoms with Gasteiger partial charge in [0.2, 0.25) is 5.91 Å². The first-order valence-corrected chi connectivity index (χ1v) is 6.25. The summed E-state index contributed by atoms with van der Waals surface area (Å²) in [7, 11) is 1.64. The topological polar surface area (TPSA) is 55.6 Å². The highest BCUT2D eigenvalue weighted by Gasteiger charge is 2.19. The van der Waals surface area contributed by atoms with Gasteiger partial charge in [0.05, 0.1) is 13.7 Å². The SMILES string of the molecule is CCC(C)N(Cc1ccccc1OC)C(=O)CN. The third-order valence-corrected chi connectivity index (χ3v) is 3.15. The van der Waals surface area contributed by atoms with Gasteiger partial charge < -0.3 is 15.4 Å². The number of carbonyl (C=O) groups excluding carboxylic acids is 1. The molecule has 4 heteroatoms. The Hall–Kier alpha value is -1.55. The number of ether oxygens (including phenoxy) is 1. The lowest BCUT2D eigenvalue weighted by molar-refractivity contribution is -0.132. The Morgan fingerprint density at radius 1 is 1.44 bits per heavy atom. The number of rotatable bonds is 6. The van der Waals surface area contributed by atoms with E-state index in [0.717, 1.165) is 17.7 Å². The third kappa shape index (κ3) is 3.47. The van der Waals surface area contributed by atoms with Gasteiger partial charge in [-0.2, -0.15) is 0 Å². The molecule has 0 heterocycles. The molecule has 0 fully saturated rings. The fourth-order valence-corrected chi connectivity index (χ4v) is 1.84. The lowest BCUT2D eigenvalue weighted by Crippen LogP contribution is -2.41. The number of nitrogens with zero attached hydrogens (tertiary/aromatic N) is 1. The lowest BCUT2D eigenvalue weighted by Gasteiger charge is -2.29. The largest absolute Gasteiger partial charge is 0.496 e. The van der Waals surface area contributed by atoms with Crippen LogP contribution in [0.4, 0.5) is 0 Å². The molecule has 0 saturated carbocycles. The highest BCUT2D eigenvalue weighted by molar-refractivity contribution is 5.78. The highest BCUT2D eigenvalue weighted by Crippen LogP contribution is 2.20. The zero-order valence-corrected chi connectivity index (χ0v) is 11.3. The molecular formula is C14H22N2O2. The van der Waals surface area contributed by atoms with E-state index in [1.807, 2.05) is 31.2 Å². The van der Waals surface area contributed by atoms with Gasteiger partial charge in [-0.15, -0.1) is 0 Å². The second kappa shape index (κ2) is 7.01. The predicted octanol–water partition coefficient (Wildman–Crippen LogP) is 1.78. The van der Waals surface area contributed by atoms with Gasteiger partial charge in [-0.1, -0.05) is 25.1 Å². The van der Waals surface area contributed by atoms with Gasteiger partial charge in [-0.05, 0) is 19.4 Å². The van der Waals surface area contributed by atoms with Crippen molar-refractivity contribution < 1.29 is 9.53 Å². The molecule has 1 aromatic carbocycles. The quantitative estimate of drug-likeness (QED) is 0.837. The molecule has 4 nitrogen and oxygen atoms in total. The second-order valence-corrected chi connectivity index (χ2v) is 4.29. The van der Waals surface area contributed by atoms with Crippen molar-refractivity contribution in [2.24, 2.45) is 5.73 Å². The van der Waals surface area contributed by atoms with Crippen LogP contribution in [-0.4, -0.2) is 30.5 Å². The molecule has 1 atom stereocenters. The van der Waals surface area contributed by atoms with Crippen molar-refractivity contribution in [3.8, 4) is 5.75 Å². The summed E-state index contributed by atoms with van der Waals surface area (Å²) in [6.07, 6.45) is 0.904. The van der Waals surface area contributed by atoms with Crippen molar-refractivity contribution in [3.05, 3.63) is 29.8 Å². The summed E-state index contributed by atoms with van der Waals surface area (Å²) in [6, 6.07) is 7.90. The molecular weight excluding hydrogens is 228 g/mol. The Labute approximate surface area is 109 Å².